The third kappa shape index (κ3) is 3.86. The molecule has 0 fully saturated rings. The van der Waals surface area contributed by atoms with Crippen molar-refractivity contribution >= 4 is 16.8 Å². The first-order valence-corrected chi connectivity index (χ1v) is 5.69. The van der Waals surface area contributed by atoms with E-state index in [-0.39, 0.29) is 17.1 Å². The van der Waals surface area contributed by atoms with Crippen molar-refractivity contribution in [3.05, 3.63) is 29.8 Å². The number of halogens is 1. The molecule has 1 aromatic rings. The second kappa shape index (κ2) is 5.35. The van der Waals surface area contributed by atoms with Gasteiger partial charge in [0, 0.05) is 0 Å². The Morgan fingerprint density at radius 2 is 1.94 bits per heavy atom. The van der Waals surface area contributed by atoms with Gasteiger partial charge in [0.2, 0.25) is 5.24 Å². The van der Waals surface area contributed by atoms with E-state index in [1.165, 1.54) is 0 Å². The number of para-hydroxylation sites is 1. The molecule has 1 rings (SSSR count). The average Bonchev–Trinajstić information content (AvgIpc) is 2.16. The number of rotatable bonds is 4. The average molecular weight is 241 g/mol. The molecule has 0 saturated heterocycles. The Balaban J connectivity index is 2.76. The number of ether oxygens (including phenoxy) is 1. The molecule has 2 nitrogen and oxygen atoms in total. The summed E-state index contributed by atoms with van der Waals surface area (Å²) in [6.07, 6.45) is 0.236. The van der Waals surface area contributed by atoms with E-state index in [0.717, 1.165) is 11.3 Å². The van der Waals surface area contributed by atoms with Crippen LogP contribution in [0.15, 0.2) is 24.3 Å². The molecule has 0 spiro atoms. The Morgan fingerprint density at radius 1 is 1.31 bits per heavy atom. The quantitative estimate of drug-likeness (QED) is 0.753. The zero-order valence-corrected chi connectivity index (χ0v) is 10.7. The molecular weight excluding hydrogens is 224 g/mol. The monoisotopic (exact) mass is 240 g/mol. The van der Waals surface area contributed by atoms with Gasteiger partial charge in [-0.1, -0.05) is 39.0 Å². The van der Waals surface area contributed by atoms with Crippen molar-refractivity contribution in [2.24, 2.45) is 0 Å². The normalized spacial score (nSPS) is 11.2. The lowest BCUT2D eigenvalue weighted by Gasteiger charge is -2.22. The van der Waals surface area contributed by atoms with E-state index in [1.807, 2.05) is 24.3 Å². The third-order valence-electron chi connectivity index (χ3n) is 2.25. The lowest BCUT2D eigenvalue weighted by molar-refractivity contribution is -0.112. The van der Waals surface area contributed by atoms with Crippen molar-refractivity contribution in [3.8, 4) is 5.75 Å². The SMILES string of the molecule is CC(C)(C)c1ccccc1OCCC(=O)Cl. The molecule has 0 aliphatic carbocycles. The van der Waals surface area contributed by atoms with Gasteiger partial charge in [-0.3, -0.25) is 4.79 Å². The first-order chi connectivity index (χ1) is 7.41. The Labute approximate surface area is 102 Å². The summed E-state index contributed by atoms with van der Waals surface area (Å²) in [5.74, 6) is 0.827. The van der Waals surface area contributed by atoms with E-state index in [9.17, 15) is 4.79 Å². The third-order valence-corrected chi connectivity index (χ3v) is 2.44. The molecule has 0 amide bonds. The molecule has 0 N–H and O–H groups in total. The predicted octanol–water partition coefficient (Wildman–Crippen LogP) is 3.52. The molecule has 0 radical (unpaired) electrons. The smallest absolute Gasteiger partial charge is 0.225 e. The Kier molecular flexibility index (Phi) is 4.36. The van der Waals surface area contributed by atoms with E-state index in [0.29, 0.717) is 6.61 Å². The van der Waals surface area contributed by atoms with Crippen molar-refractivity contribution in [2.75, 3.05) is 6.61 Å². The molecule has 3 heteroatoms. The summed E-state index contributed by atoms with van der Waals surface area (Å²) in [7, 11) is 0. The first-order valence-electron chi connectivity index (χ1n) is 5.32. The standard InChI is InChI=1S/C13H17ClO2/c1-13(2,3)10-6-4-5-7-11(10)16-9-8-12(14)15/h4-7H,8-9H2,1-3H3. The molecule has 0 atom stereocenters. The molecule has 0 unspecified atom stereocenters. The topological polar surface area (TPSA) is 26.3 Å². The van der Waals surface area contributed by atoms with E-state index < -0.39 is 0 Å². The number of carbonyl (C=O) groups excluding carboxylic acids is 1. The van der Waals surface area contributed by atoms with Crippen LogP contribution in [0.2, 0.25) is 0 Å². The highest BCUT2D eigenvalue weighted by Gasteiger charge is 2.18. The molecule has 0 heterocycles. The predicted molar refractivity (Wildman–Crippen MR) is 66.1 cm³/mol. The molecular formula is C13H17ClO2. The van der Waals surface area contributed by atoms with Gasteiger partial charge in [0.1, 0.15) is 5.75 Å². The van der Waals surface area contributed by atoms with Crippen molar-refractivity contribution in [3.63, 3.8) is 0 Å². The number of carbonyl (C=O) groups is 1. The molecule has 1 aromatic carbocycles. The van der Waals surface area contributed by atoms with Crippen LogP contribution in [0.3, 0.4) is 0 Å². The van der Waals surface area contributed by atoms with Crippen molar-refractivity contribution in [2.45, 2.75) is 32.6 Å². The molecule has 0 aliphatic heterocycles. The maximum atomic E-state index is 10.6. The molecule has 0 aliphatic rings. The second-order valence-electron chi connectivity index (χ2n) is 4.70. The van der Waals surface area contributed by atoms with Gasteiger partial charge >= 0.3 is 0 Å². The maximum Gasteiger partial charge on any atom is 0.225 e. The highest BCUT2D eigenvalue weighted by Crippen LogP contribution is 2.30. The van der Waals surface area contributed by atoms with E-state index in [1.54, 1.807) is 0 Å². The molecule has 0 saturated carbocycles. The fourth-order valence-electron chi connectivity index (χ4n) is 1.45. The fourth-order valence-corrected chi connectivity index (χ4v) is 1.53. The summed E-state index contributed by atoms with van der Waals surface area (Å²) < 4.78 is 5.57. The zero-order valence-electron chi connectivity index (χ0n) is 9.92. The largest absolute Gasteiger partial charge is 0.493 e. The van der Waals surface area contributed by atoms with E-state index >= 15 is 0 Å². The summed E-state index contributed by atoms with van der Waals surface area (Å²) in [5, 5.41) is -0.367. The summed E-state index contributed by atoms with van der Waals surface area (Å²) in [5.41, 5.74) is 1.17. The van der Waals surface area contributed by atoms with Crippen LogP contribution in [0.1, 0.15) is 32.8 Å². The van der Waals surface area contributed by atoms with E-state index in [4.69, 9.17) is 16.3 Å². The Morgan fingerprint density at radius 3 is 2.50 bits per heavy atom. The Bertz CT molecular complexity index is 366. The van der Waals surface area contributed by atoms with Gasteiger partial charge in [-0.2, -0.15) is 0 Å². The zero-order chi connectivity index (χ0) is 12.2. The van der Waals surface area contributed by atoms with Crippen LogP contribution >= 0.6 is 11.6 Å². The van der Waals surface area contributed by atoms with Crippen molar-refractivity contribution in [1.82, 2.24) is 0 Å². The van der Waals surface area contributed by atoms with Gasteiger partial charge in [-0.25, -0.2) is 0 Å². The van der Waals surface area contributed by atoms with Gasteiger partial charge in [-0.05, 0) is 28.6 Å². The minimum absolute atomic E-state index is 0.0293. The summed E-state index contributed by atoms with van der Waals surface area (Å²) >= 11 is 5.25. The number of benzene rings is 1. The Hall–Kier alpha value is -1.02. The first kappa shape index (κ1) is 13.0. The molecule has 0 bridgehead atoms. The van der Waals surface area contributed by atoms with Gasteiger partial charge in [0.15, 0.2) is 0 Å². The van der Waals surface area contributed by atoms with Crippen LogP contribution in [0.25, 0.3) is 0 Å². The lowest BCUT2D eigenvalue weighted by Crippen LogP contribution is -2.14. The van der Waals surface area contributed by atoms with Crippen LogP contribution in [0.5, 0.6) is 5.75 Å². The van der Waals surface area contributed by atoms with Crippen LogP contribution in [0, 0.1) is 0 Å². The lowest BCUT2D eigenvalue weighted by atomic mass is 9.86. The van der Waals surface area contributed by atoms with Crippen LogP contribution in [-0.4, -0.2) is 11.8 Å². The van der Waals surface area contributed by atoms with Crippen LogP contribution < -0.4 is 4.74 Å². The minimum Gasteiger partial charge on any atom is -0.493 e. The fraction of sp³-hybridized carbons (Fsp3) is 0.462. The summed E-state index contributed by atoms with van der Waals surface area (Å²) in [6.45, 7) is 6.71. The van der Waals surface area contributed by atoms with Crippen LogP contribution in [0.4, 0.5) is 0 Å². The minimum atomic E-state index is -0.367. The summed E-state index contributed by atoms with van der Waals surface area (Å²) in [6, 6.07) is 7.87. The van der Waals surface area contributed by atoms with Crippen LogP contribution in [-0.2, 0) is 10.2 Å². The molecule has 16 heavy (non-hydrogen) atoms. The molecule has 88 valence electrons. The summed E-state index contributed by atoms with van der Waals surface area (Å²) in [4.78, 5) is 10.6. The number of hydrogen-bond donors (Lipinski definition) is 0. The number of hydrogen-bond acceptors (Lipinski definition) is 2. The highest BCUT2D eigenvalue weighted by atomic mass is 35.5. The van der Waals surface area contributed by atoms with Gasteiger partial charge in [-0.15, -0.1) is 0 Å². The van der Waals surface area contributed by atoms with Gasteiger partial charge in [0.05, 0.1) is 13.0 Å². The van der Waals surface area contributed by atoms with Crippen molar-refractivity contribution in [1.29, 1.82) is 0 Å². The maximum absolute atomic E-state index is 10.6. The van der Waals surface area contributed by atoms with Gasteiger partial charge < -0.3 is 4.74 Å². The van der Waals surface area contributed by atoms with E-state index in [2.05, 4.69) is 20.8 Å². The van der Waals surface area contributed by atoms with Crippen molar-refractivity contribution < 1.29 is 9.53 Å². The second-order valence-corrected chi connectivity index (χ2v) is 5.12. The molecule has 0 aromatic heterocycles. The van der Waals surface area contributed by atoms with Gasteiger partial charge in [0.25, 0.3) is 0 Å². The highest BCUT2D eigenvalue weighted by molar-refractivity contribution is 6.63.